The largest absolute Gasteiger partial charge is 0.481 e. The Hall–Kier alpha value is -1.60. The Labute approximate surface area is 138 Å². The first-order valence-electron chi connectivity index (χ1n) is 7.68. The highest BCUT2D eigenvalue weighted by Gasteiger charge is 2.17. The molecule has 0 spiro atoms. The van der Waals surface area contributed by atoms with Gasteiger partial charge in [-0.25, -0.2) is 13.1 Å². The van der Waals surface area contributed by atoms with Gasteiger partial charge >= 0.3 is 0 Å². The molecule has 0 aliphatic carbocycles. The number of rotatable bonds is 8. The van der Waals surface area contributed by atoms with Crippen molar-refractivity contribution >= 4 is 15.9 Å². The van der Waals surface area contributed by atoms with Crippen molar-refractivity contribution < 1.29 is 17.9 Å². The normalized spacial score (nSPS) is 13.2. The summed E-state index contributed by atoms with van der Waals surface area (Å²) in [7, 11) is -3.52. The first kappa shape index (κ1) is 19.4. The van der Waals surface area contributed by atoms with Crippen molar-refractivity contribution in [2.75, 3.05) is 6.54 Å². The summed E-state index contributed by atoms with van der Waals surface area (Å²) >= 11 is 0. The van der Waals surface area contributed by atoms with Gasteiger partial charge in [0.1, 0.15) is 5.75 Å². The van der Waals surface area contributed by atoms with Crippen molar-refractivity contribution in [1.82, 2.24) is 10.0 Å². The second-order valence-electron chi connectivity index (χ2n) is 6.15. The van der Waals surface area contributed by atoms with Gasteiger partial charge in [0, 0.05) is 12.6 Å². The zero-order valence-corrected chi connectivity index (χ0v) is 15.1. The summed E-state index contributed by atoms with van der Waals surface area (Å²) in [6.45, 7) is 9.77. The SMILES string of the molecule is CC(C)CNC(=O)[C@H](C)Oc1ccc(S(=O)(=O)NC(C)C)cc1. The minimum Gasteiger partial charge on any atom is -0.481 e. The van der Waals surface area contributed by atoms with Crippen LogP contribution in [-0.4, -0.2) is 33.0 Å². The number of amides is 1. The molecule has 1 aromatic rings. The van der Waals surface area contributed by atoms with Crippen LogP contribution in [0.2, 0.25) is 0 Å². The van der Waals surface area contributed by atoms with Crippen LogP contribution in [0.4, 0.5) is 0 Å². The van der Waals surface area contributed by atoms with Crippen LogP contribution in [-0.2, 0) is 14.8 Å². The lowest BCUT2D eigenvalue weighted by Gasteiger charge is -2.16. The molecule has 1 atom stereocenters. The molecule has 6 nitrogen and oxygen atoms in total. The van der Waals surface area contributed by atoms with Crippen molar-refractivity contribution in [3.63, 3.8) is 0 Å². The summed E-state index contributed by atoms with van der Waals surface area (Å²) < 4.78 is 32.1. The lowest BCUT2D eigenvalue weighted by Crippen LogP contribution is -2.38. The van der Waals surface area contributed by atoms with Crippen LogP contribution in [0.5, 0.6) is 5.75 Å². The molecule has 0 fully saturated rings. The maximum Gasteiger partial charge on any atom is 0.260 e. The number of hydrogen-bond donors (Lipinski definition) is 2. The minimum absolute atomic E-state index is 0.162. The van der Waals surface area contributed by atoms with Crippen molar-refractivity contribution in [2.45, 2.75) is 51.7 Å². The second kappa shape index (κ2) is 8.31. The van der Waals surface area contributed by atoms with E-state index in [4.69, 9.17) is 4.74 Å². The average Bonchev–Trinajstić information content (AvgIpc) is 2.43. The number of carbonyl (C=O) groups excluding carboxylic acids is 1. The van der Waals surface area contributed by atoms with Gasteiger partial charge in [-0.3, -0.25) is 4.79 Å². The maximum absolute atomic E-state index is 12.0. The summed E-state index contributed by atoms with van der Waals surface area (Å²) in [5.74, 6) is 0.613. The molecule has 0 aliphatic heterocycles. The molecule has 0 bridgehead atoms. The number of nitrogens with one attached hydrogen (secondary N) is 2. The van der Waals surface area contributed by atoms with Gasteiger partial charge in [-0.2, -0.15) is 0 Å². The molecule has 130 valence electrons. The molecule has 0 saturated carbocycles. The summed E-state index contributed by atoms with van der Waals surface area (Å²) in [5.41, 5.74) is 0. The van der Waals surface area contributed by atoms with E-state index in [1.54, 1.807) is 32.9 Å². The van der Waals surface area contributed by atoms with E-state index in [1.807, 2.05) is 13.8 Å². The van der Waals surface area contributed by atoms with Gasteiger partial charge < -0.3 is 10.1 Å². The van der Waals surface area contributed by atoms with Gasteiger partial charge in [0.25, 0.3) is 5.91 Å². The molecular formula is C16H26N2O4S. The number of sulfonamides is 1. The number of carbonyl (C=O) groups is 1. The highest BCUT2D eigenvalue weighted by molar-refractivity contribution is 7.89. The quantitative estimate of drug-likeness (QED) is 0.756. The topological polar surface area (TPSA) is 84.5 Å². The standard InChI is InChI=1S/C16H26N2O4S/c1-11(2)10-17-16(19)13(5)22-14-6-8-15(9-7-14)23(20,21)18-12(3)4/h6-9,11-13,18H,10H2,1-5H3,(H,17,19)/t13-/m0/s1. The number of benzene rings is 1. The Morgan fingerprint density at radius 2 is 1.65 bits per heavy atom. The van der Waals surface area contributed by atoms with E-state index in [0.29, 0.717) is 18.2 Å². The van der Waals surface area contributed by atoms with Crippen molar-refractivity contribution in [3.8, 4) is 5.75 Å². The average molecular weight is 342 g/mol. The highest BCUT2D eigenvalue weighted by atomic mass is 32.2. The Balaban J connectivity index is 2.69. The Morgan fingerprint density at radius 3 is 2.13 bits per heavy atom. The van der Waals surface area contributed by atoms with Crippen LogP contribution in [0.25, 0.3) is 0 Å². The third-order valence-electron chi connectivity index (χ3n) is 2.89. The predicted octanol–water partition coefficient (Wildman–Crippen LogP) is 1.91. The van der Waals surface area contributed by atoms with E-state index < -0.39 is 16.1 Å². The van der Waals surface area contributed by atoms with Crippen LogP contribution in [0.3, 0.4) is 0 Å². The minimum atomic E-state index is -3.52. The van der Waals surface area contributed by atoms with Crippen LogP contribution in [0.1, 0.15) is 34.6 Å². The van der Waals surface area contributed by atoms with Crippen LogP contribution < -0.4 is 14.8 Å². The molecule has 0 radical (unpaired) electrons. The van der Waals surface area contributed by atoms with E-state index in [2.05, 4.69) is 10.0 Å². The zero-order chi connectivity index (χ0) is 17.6. The third kappa shape index (κ3) is 6.58. The van der Waals surface area contributed by atoms with Crippen molar-refractivity contribution in [2.24, 2.45) is 5.92 Å². The van der Waals surface area contributed by atoms with Gasteiger partial charge in [-0.1, -0.05) is 13.8 Å². The third-order valence-corrected chi connectivity index (χ3v) is 4.57. The van der Waals surface area contributed by atoms with Gasteiger partial charge in [-0.05, 0) is 51.0 Å². The monoisotopic (exact) mass is 342 g/mol. The fourth-order valence-corrected chi connectivity index (χ4v) is 3.03. The molecule has 0 aliphatic rings. The lowest BCUT2D eigenvalue weighted by atomic mass is 10.2. The van der Waals surface area contributed by atoms with Crippen molar-refractivity contribution in [3.05, 3.63) is 24.3 Å². The molecule has 2 N–H and O–H groups in total. The molecule has 0 heterocycles. The van der Waals surface area contributed by atoms with Gasteiger partial charge in [0.15, 0.2) is 6.10 Å². The first-order chi connectivity index (χ1) is 10.6. The molecular weight excluding hydrogens is 316 g/mol. The molecule has 0 unspecified atom stereocenters. The fourth-order valence-electron chi connectivity index (χ4n) is 1.78. The van der Waals surface area contributed by atoms with E-state index in [9.17, 15) is 13.2 Å². The van der Waals surface area contributed by atoms with Gasteiger partial charge in [0.05, 0.1) is 4.90 Å². The van der Waals surface area contributed by atoms with Crippen LogP contribution >= 0.6 is 0 Å². The van der Waals surface area contributed by atoms with Crippen molar-refractivity contribution in [1.29, 1.82) is 0 Å². The number of ether oxygens (including phenoxy) is 1. The van der Waals surface area contributed by atoms with E-state index in [1.165, 1.54) is 12.1 Å². The maximum atomic E-state index is 12.0. The Bertz CT molecular complexity index is 609. The molecule has 1 rings (SSSR count). The molecule has 1 amide bonds. The van der Waals surface area contributed by atoms with E-state index >= 15 is 0 Å². The second-order valence-corrected chi connectivity index (χ2v) is 7.86. The molecule has 0 aromatic heterocycles. The summed E-state index contributed by atoms with van der Waals surface area (Å²) in [6.07, 6.45) is -0.648. The van der Waals surface area contributed by atoms with Crippen LogP contribution in [0, 0.1) is 5.92 Å². The molecule has 23 heavy (non-hydrogen) atoms. The Kier molecular flexibility index (Phi) is 7.02. The summed E-state index contributed by atoms with van der Waals surface area (Å²) in [5, 5.41) is 2.79. The smallest absolute Gasteiger partial charge is 0.260 e. The number of hydrogen-bond acceptors (Lipinski definition) is 4. The first-order valence-corrected chi connectivity index (χ1v) is 9.17. The fraction of sp³-hybridized carbons (Fsp3) is 0.562. The molecule has 7 heteroatoms. The zero-order valence-electron chi connectivity index (χ0n) is 14.3. The predicted molar refractivity (Wildman–Crippen MR) is 89.8 cm³/mol. The van der Waals surface area contributed by atoms with E-state index in [0.717, 1.165) is 0 Å². The molecule has 0 saturated heterocycles. The lowest BCUT2D eigenvalue weighted by molar-refractivity contribution is -0.127. The summed E-state index contributed by atoms with van der Waals surface area (Å²) in [6, 6.07) is 5.82. The summed E-state index contributed by atoms with van der Waals surface area (Å²) in [4.78, 5) is 12.0. The van der Waals surface area contributed by atoms with E-state index in [-0.39, 0.29) is 16.8 Å². The van der Waals surface area contributed by atoms with Crippen LogP contribution in [0.15, 0.2) is 29.2 Å². The van der Waals surface area contributed by atoms with Gasteiger partial charge in [0.2, 0.25) is 10.0 Å². The van der Waals surface area contributed by atoms with Gasteiger partial charge in [-0.15, -0.1) is 0 Å². The molecule has 1 aromatic carbocycles. The highest BCUT2D eigenvalue weighted by Crippen LogP contribution is 2.17. The Morgan fingerprint density at radius 1 is 1.09 bits per heavy atom.